The maximum atomic E-state index is 11.7. The summed E-state index contributed by atoms with van der Waals surface area (Å²) in [7, 11) is 3.94. The van der Waals surface area contributed by atoms with Gasteiger partial charge in [0.25, 0.3) is 0 Å². The van der Waals surface area contributed by atoms with Crippen LogP contribution in [-0.2, 0) is 6.54 Å². The summed E-state index contributed by atoms with van der Waals surface area (Å²) in [4.78, 5) is 13.7. The van der Waals surface area contributed by atoms with Crippen molar-refractivity contribution in [1.29, 1.82) is 0 Å². The van der Waals surface area contributed by atoms with E-state index in [9.17, 15) is 4.79 Å². The average molecular weight is 276 g/mol. The first-order valence-corrected chi connectivity index (χ1v) is 6.56. The van der Waals surface area contributed by atoms with Crippen LogP contribution in [0, 0.1) is 0 Å². The number of benzene rings is 1. The Hall–Kier alpha value is -2.08. The smallest absolute Gasteiger partial charge is 0.319 e. The summed E-state index contributed by atoms with van der Waals surface area (Å²) in [6.07, 6.45) is 0. The Balaban J connectivity index is 2.21. The highest BCUT2D eigenvalue weighted by atomic mass is 16.5. The highest BCUT2D eigenvalue weighted by Gasteiger charge is 2.11. The van der Waals surface area contributed by atoms with Crippen LogP contribution in [0.1, 0.15) is 19.5 Å². The molecule has 0 fully saturated rings. The normalized spacial score (nSPS) is 11.3. The number of nitrogens with one attached hydrogen (secondary N) is 2. The lowest BCUT2D eigenvalue weighted by molar-refractivity contribution is 0.250. The van der Waals surface area contributed by atoms with E-state index in [1.807, 2.05) is 45.0 Å². The van der Waals surface area contributed by atoms with Gasteiger partial charge in [0.1, 0.15) is 5.69 Å². The summed E-state index contributed by atoms with van der Waals surface area (Å²) >= 11 is 0. The Bertz CT molecular complexity index is 604. The summed E-state index contributed by atoms with van der Waals surface area (Å²) < 4.78 is 5.27. The molecule has 0 bridgehead atoms. The van der Waals surface area contributed by atoms with Crippen LogP contribution >= 0.6 is 0 Å². The molecule has 2 amide bonds. The van der Waals surface area contributed by atoms with Crippen LogP contribution in [0.25, 0.3) is 11.0 Å². The first kappa shape index (κ1) is 14.3. The Kier molecular flexibility index (Phi) is 4.24. The third-order valence-electron chi connectivity index (χ3n) is 2.69. The zero-order chi connectivity index (χ0) is 14.7. The van der Waals surface area contributed by atoms with Gasteiger partial charge in [0.05, 0.1) is 0 Å². The first-order chi connectivity index (χ1) is 9.45. The van der Waals surface area contributed by atoms with Gasteiger partial charge in [-0.2, -0.15) is 0 Å². The van der Waals surface area contributed by atoms with E-state index in [1.54, 1.807) is 6.07 Å². The molecule has 1 aromatic carbocycles. The predicted molar refractivity (Wildman–Crippen MR) is 78.7 cm³/mol. The Labute approximate surface area is 118 Å². The minimum absolute atomic E-state index is 0.0959. The van der Waals surface area contributed by atoms with Crippen molar-refractivity contribution in [3.05, 3.63) is 23.9 Å². The van der Waals surface area contributed by atoms with Crippen molar-refractivity contribution < 1.29 is 9.32 Å². The summed E-state index contributed by atoms with van der Waals surface area (Å²) in [5, 5.41) is 10.6. The molecule has 0 aliphatic rings. The topological polar surface area (TPSA) is 70.4 Å². The van der Waals surface area contributed by atoms with Crippen LogP contribution in [0.5, 0.6) is 0 Å². The zero-order valence-electron chi connectivity index (χ0n) is 12.2. The van der Waals surface area contributed by atoms with E-state index in [4.69, 9.17) is 4.52 Å². The number of carbonyl (C=O) groups excluding carboxylic acids is 1. The van der Waals surface area contributed by atoms with Gasteiger partial charge in [-0.05, 0) is 46.1 Å². The molecule has 6 nitrogen and oxygen atoms in total. The number of fused-ring (bicyclic) bond motifs is 1. The Morgan fingerprint density at radius 1 is 1.40 bits per heavy atom. The summed E-state index contributed by atoms with van der Waals surface area (Å²) in [5.74, 6) is 0. The molecular formula is C14H20N4O2. The van der Waals surface area contributed by atoms with Gasteiger partial charge in [0.2, 0.25) is 0 Å². The lowest BCUT2D eigenvalue weighted by atomic mass is 10.2. The van der Waals surface area contributed by atoms with Gasteiger partial charge in [-0.3, -0.25) is 0 Å². The van der Waals surface area contributed by atoms with E-state index < -0.39 is 0 Å². The number of hydrogen-bond acceptors (Lipinski definition) is 4. The molecule has 0 saturated heterocycles. The average Bonchev–Trinajstić information content (AvgIpc) is 2.70. The van der Waals surface area contributed by atoms with Gasteiger partial charge < -0.3 is 20.1 Å². The zero-order valence-corrected chi connectivity index (χ0v) is 12.2. The fraction of sp³-hybridized carbons (Fsp3) is 0.429. The van der Waals surface area contributed by atoms with Crippen LogP contribution in [-0.4, -0.2) is 36.2 Å². The Morgan fingerprint density at radius 2 is 2.15 bits per heavy atom. The molecule has 0 unspecified atom stereocenters. The fourth-order valence-electron chi connectivity index (χ4n) is 1.91. The third kappa shape index (κ3) is 3.48. The van der Waals surface area contributed by atoms with E-state index in [-0.39, 0.29) is 12.1 Å². The van der Waals surface area contributed by atoms with Crippen LogP contribution < -0.4 is 10.6 Å². The molecule has 1 heterocycles. The predicted octanol–water partition coefficient (Wildman–Crippen LogP) is 2.42. The minimum Gasteiger partial charge on any atom is -0.356 e. The lowest BCUT2D eigenvalue weighted by Gasteiger charge is -2.10. The second-order valence-electron chi connectivity index (χ2n) is 5.33. The molecule has 6 heteroatoms. The van der Waals surface area contributed by atoms with Crippen molar-refractivity contribution in [2.75, 3.05) is 19.4 Å². The van der Waals surface area contributed by atoms with Crippen molar-refractivity contribution in [3.63, 3.8) is 0 Å². The number of aromatic nitrogens is 1. The van der Waals surface area contributed by atoms with Crippen molar-refractivity contribution in [1.82, 2.24) is 15.4 Å². The van der Waals surface area contributed by atoms with Crippen LogP contribution in [0.2, 0.25) is 0 Å². The van der Waals surface area contributed by atoms with E-state index in [0.29, 0.717) is 6.54 Å². The number of hydrogen-bond donors (Lipinski definition) is 2. The van der Waals surface area contributed by atoms with E-state index in [2.05, 4.69) is 15.8 Å². The molecule has 2 rings (SSSR count). The van der Waals surface area contributed by atoms with Crippen molar-refractivity contribution in [2.45, 2.75) is 26.4 Å². The molecule has 1 aromatic heterocycles. The van der Waals surface area contributed by atoms with Gasteiger partial charge in [-0.25, -0.2) is 4.79 Å². The van der Waals surface area contributed by atoms with Gasteiger partial charge >= 0.3 is 6.03 Å². The largest absolute Gasteiger partial charge is 0.356 e. The maximum absolute atomic E-state index is 11.7. The molecular weight excluding hydrogens is 256 g/mol. The number of amides is 2. The van der Waals surface area contributed by atoms with Gasteiger partial charge in [-0.15, -0.1) is 0 Å². The number of urea groups is 1. The molecule has 2 aromatic rings. The van der Waals surface area contributed by atoms with Crippen molar-refractivity contribution in [3.8, 4) is 0 Å². The van der Waals surface area contributed by atoms with Crippen molar-refractivity contribution in [2.24, 2.45) is 0 Å². The van der Waals surface area contributed by atoms with Crippen LogP contribution in [0.3, 0.4) is 0 Å². The molecule has 0 aliphatic carbocycles. The van der Waals surface area contributed by atoms with Gasteiger partial charge in [-0.1, -0.05) is 5.16 Å². The van der Waals surface area contributed by atoms with Crippen molar-refractivity contribution >= 4 is 22.7 Å². The number of anilines is 1. The molecule has 0 aliphatic heterocycles. The van der Waals surface area contributed by atoms with E-state index in [0.717, 1.165) is 22.4 Å². The number of carbonyl (C=O) groups is 1. The summed E-state index contributed by atoms with van der Waals surface area (Å²) in [5.41, 5.74) is 2.30. The first-order valence-electron chi connectivity index (χ1n) is 6.56. The second-order valence-corrected chi connectivity index (χ2v) is 5.33. The molecule has 20 heavy (non-hydrogen) atoms. The highest BCUT2D eigenvalue weighted by molar-refractivity contribution is 5.92. The quantitative estimate of drug-likeness (QED) is 0.899. The van der Waals surface area contributed by atoms with E-state index >= 15 is 0 Å². The molecule has 0 atom stereocenters. The standard InChI is InChI=1S/C14H20N4O2/c1-9(2)15-14(19)16-10-5-6-13-11(7-10)12(17-20-13)8-18(3)4/h5-7,9H,8H2,1-4H3,(H2,15,16,19). The second kappa shape index (κ2) is 5.92. The molecule has 0 saturated carbocycles. The fourth-order valence-corrected chi connectivity index (χ4v) is 1.91. The number of nitrogens with zero attached hydrogens (tertiary/aromatic N) is 2. The molecule has 0 radical (unpaired) electrons. The van der Waals surface area contributed by atoms with Crippen LogP contribution in [0.15, 0.2) is 22.7 Å². The lowest BCUT2D eigenvalue weighted by Crippen LogP contribution is -2.34. The third-order valence-corrected chi connectivity index (χ3v) is 2.69. The SMILES string of the molecule is CC(C)NC(=O)Nc1ccc2onc(CN(C)C)c2c1. The van der Waals surface area contributed by atoms with Crippen LogP contribution in [0.4, 0.5) is 10.5 Å². The van der Waals surface area contributed by atoms with Gasteiger partial charge in [0, 0.05) is 23.7 Å². The van der Waals surface area contributed by atoms with Gasteiger partial charge in [0.15, 0.2) is 5.58 Å². The number of rotatable bonds is 4. The molecule has 2 N–H and O–H groups in total. The minimum atomic E-state index is -0.218. The highest BCUT2D eigenvalue weighted by Crippen LogP contribution is 2.23. The molecule has 108 valence electrons. The summed E-state index contributed by atoms with van der Waals surface area (Å²) in [6, 6.07) is 5.37. The summed E-state index contributed by atoms with van der Waals surface area (Å²) in [6.45, 7) is 4.52. The maximum Gasteiger partial charge on any atom is 0.319 e. The molecule has 0 spiro atoms. The Morgan fingerprint density at radius 3 is 2.80 bits per heavy atom. The monoisotopic (exact) mass is 276 g/mol. The van der Waals surface area contributed by atoms with E-state index in [1.165, 1.54) is 0 Å².